The summed E-state index contributed by atoms with van der Waals surface area (Å²) in [6, 6.07) is 13.6. The van der Waals surface area contributed by atoms with Gasteiger partial charge in [0.15, 0.2) is 0 Å². The number of hydroxylamine groups is 2. The predicted molar refractivity (Wildman–Crippen MR) is 105 cm³/mol. The van der Waals surface area contributed by atoms with Gasteiger partial charge in [0.2, 0.25) is 5.91 Å². The molecule has 0 heterocycles. The van der Waals surface area contributed by atoms with Crippen molar-refractivity contribution in [3.8, 4) is 5.75 Å². The molecule has 1 atom stereocenters. The summed E-state index contributed by atoms with van der Waals surface area (Å²) in [7, 11) is 0. The zero-order chi connectivity index (χ0) is 21.1. The Morgan fingerprint density at radius 3 is 2.76 bits per heavy atom. The maximum Gasteiger partial charge on any atom is 0.294 e. The molecule has 0 aliphatic rings. The first-order chi connectivity index (χ1) is 14.0. The summed E-state index contributed by atoms with van der Waals surface area (Å²) in [6.07, 6.45) is -0.742. The number of hydrogen-bond donors (Lipinski definition) is 2. The van der Waals surface area contributed by atoms with E-state index in [-0.39, 0.29) is 38.8 Å². The lowest BCUT2D eigenvalue weighted by Crippen LogP contribution is -2.39. The van der Waals surface area contributed by atoms with Crippen molar-refractivity contribution in [1.82, 2.24) is 10.4 Å². The molecule has 2 N–H and O–H groups in total. The van der Waals surface area contributed by atoms with Crippen LogP contribution in [0.4, 0.5) is 0 Å². The second-order valence-corrected chi connectivity index (χ2v) is 6.16. The molecule has 0 radical (unpaired) electrons. The summed E-state index contributed by atoms with van der Waals surface area (Å²) in [6.45, 7) is 1.89. The molecule has 1 unspecified atom stereocenters. The van der Waals surface area contributed by atoms with Crippen LogP contribution >= 0.6 is 0 Å². The highest BCUT2D eigenvalue weighted by Crippen LogP contribution is 2.25. The second kappa shape index (κ2) is 11.8. The highest BCUT2D eigenvalue weighted by atomic mass is 17.0. The van der Waals surface area contributed by atoms with E-state index in [0.717, 1.165) is 15.8 Å². The minimum absolute atomic E-state index is 0.117. The van der Waals surface area contributed by atoms with E-state index in [2.05, 4.69) is 10.2 Å². The Morgan fingerprint density at radius 2 is 2.00 bits per heavy atom. The Labute approximate surface area is 168 Å². The van der Waals surface area contributed by atoms with Crippen LogP contribution < -0.4 is 10.1 Å². The number of fused-ring (bicyclic) bond motifs is 1. The van der Waals surface area contributed by atoms with Crippen molar-refractivity contribution in [2.24, 2.45) is 0 Å². The third kappa shape index (κ3) is 7.90. The quantitative estimate of drug-likeness (QED) is 0.288. The number of nitrogens with one attached hydrogen (secondary N) is 1. The summed E-state index contributed by atoms with van der Waals surface area (Å²) in [5, 5.41) is 25.4. The first-order valence-electron chi connectivity index (χ1n) is 9.15. The number of ether oxygens (including phenoxy) is 1. The van der Waals surface area contributed by atoms with Crippen LogP contribution in [0.25, 0.3) is 10.8 Å². The number of hydrogen-bond acceptors (Lipinski definition) is 8. The van der Waals surface area contributed by atoms with E-state index in [1.807, 2.05) is 42.5 Å². The zero-order valence-electron chi connectivity index (χ0n) is 16.2. The number of nitrogens with zero attached hydrogens (tertiary/aromatic N) is 2. The van der Waals surface area contributed by atoms with Gasteiger partial charge in [-0.2, -0.15) is 0 Å². The molecule has 158 valence electrons. The Hall–Kier alpha value is -2.95. The van der Waals surface area contributed by atoms with Gasteiger partial charge in [-0.1, -0.05) is 36.4 Å². The topological polar surface area (TPSA) is 123 Å². The molecule has 0 aliphatic carbocycles. The SMILES string of the molecule is CC(=O)N(CCNCC(O)COc1cccc2ccccc12)OCCO[N+](=O)[O-]. The molecule has 10 heteroatoms. The lowest BCUT2D eigenvalue weighted by molar-refractivity contribution is -0.758. The molecule has 2 rings (SSSR count). The molecular formula is C19H25N3O7. The van der Waals surface area contributed by atoms with Gasteiger partial charge in [-0.05, 0) is 11.5 Å². The molecule has 29 heavy (non-hydrogen) atoms. The predicted octanol–water partition coefficient (Wildman–Crippen LogP) is 1.16. The minimum atomic E-state index is -0.926. The number of benzene rings is 2. The van der Waals surface area contributed by atoms with E-state index >= 15 is 0 Å². The van der Waals surface area contributed by atoms with Gasteiger partial charge in [0, 0.05) is 25.4 Å². The van der Waals surface area contributed by atoms with Gasteiger partial charge < -0.3 is 20.0 Å². The third-order valence-corrected chi connectivity index (χ3v) is 3.93. The molecule has 0 saturated heterocycles. The van der Waals surface area contributed by atoms with E-state index in [0.29, 0.717) is 12.3 Å². The van der Waals surface area contributed by atoms with E-state index < -0.39 is 11.2 Å². The Morgan fingerprint density at radius 1 is 1.24 bits per heavy atom. The fraction of sp³-hybridized carbons (Fsp3) is 0.421. The van der Waals surface area contributed by atoms with Crippen molar-refractivity contribution in [3.05, 3.63) is 52.6 Å². The largest absolute Gasteiger partial charge is 0.490 e. The molecular weight excluding hydrogens is 382 g/mol. The first-order valence-corrected chi connectivity index (χ1v) is 9.15. The molecule has 0 fully saturated rings. The van der Waals surface area contributed by atoms with E-state index in [4.69, 9.17) is 9.57 Å². The number of rotatable bonds is 13. The fourth-order valence-electron chi connectivity index (χ4n) is 2.59. The standard InChI is InChI=1S/C19H25N3O7/c1-15(23)21(28-11-12-29-22(25)26)10-9-20-13-17(24)14-27-19-8-4-6-16-5-2-3-7-18(16)19/h2-8,17,20,24H,9-14H2,1H3. The number of aliphatic hydroxyl groups excluding tert-OH is 1. The molecule has 10 nitrogen and oxygen atoms in total. The lowest BCUT2D eigenvalue weighted by Gasteiger charge is -2.21. The van der Waals surface area contributed by atoms with Crippen molar-refractivity contribution >= 4 is 16.7 Å². The van der Waals surface area contributed by atoms with Crippen molar-refractivity contribution < 1.29 is 29.4 Å². The molecule has 2 aromatic rings. The average Bonchev–Trinajstić information content (AvgIpc) is 2.70. The van der Waals surface area contributed by atoms with Crippen LogP contribution in [0.15, 0.2) is 42.5 Å². The van der Waals surface area contributed by atoms with Crippen LogP contribution in [0.3, 0.4) is 0 Å². The summed E-state index contributed by atoms with van der Waals surface area (Å²) in [5.74, 6) is 0.364. The molecule has 0 spiro atoms. The second-order valence-electron chi connectivity index (χ2n) is 6.16. The Kier molecular flexibility index (Phi) is 9.09. The molecule has 0 saturated carbocycles. The minimum Gasteiger partial charge on any atom is -0.490 e. The summed E-state index contributed by atoms with van der Waals surface area (Å²) in [4.78, 5) is 30.8. The maximum atomic E-state index is 11.5. The monoisotopic (exact) mass is 407 g/mol. The highest BCUT2D eigenvalue weighted by molar-refractivity contribution is 5.88. The van der Waals surface area contributed by atoms with Crippen LogP contribution in [-0.4, -0.2) is 66.7 Å². The van der Waals surface area contributed by atoms with Crippen molar-refractivity contribution in [1.29, 1.82) is 0 Å². The fourth-order valence-corrected chi connectivity index (χ4v) is 2.59. The normalized spacial score (nSPS) is 11.8. The van der Waals surface area contributed by atoms with Crippen LogP contribution in [-0.2, 0) is 14.5 Å². The molecule has 0 aliphatic heterocycles. The number of carbonyl (C=O) groups is 1. The lowest BCUT2D eigenvalue weighted by atomic mass is 10.1. The van der Waals surface area contributed by atoms with Crippen molar-refractivity contribution in [2.45, 2.75) is 13.0 Å². The Bertz CT molecular complexity index is 797. The number of amides is 1. The average molecular weight is 407 g/mol. The molecule has 0 bridgehead atoms. The van der Waals surface area contributed by atoms with Gasteiger partial charge >= 0.3 is 0 Å². The van der Waals surface area contributed by atoms with E-state index in [1.165, 1.54) is 6.92 Å². The van der Waals surface area contributed by atoms with Crippen molar-refractivity contribution in [3.63, 3.8) is 0 Å². The van der Waals surface area contributed by atoms with Crippen LogP contribution in [0.1, 0.15) is 6.92 Å². The van der Waals surface area contributed by atoms with Gasteiger partial charge in [0.25, 0.3) is 5.09 Å². The third-order valence-electron chi connectivity index (χ3n) is 3.93. The van der Waals surface area contributed by atoms with Gasteiger partial charge in [-0.25, -0.2) is 5.06 Å². The smallest absolute Gasteiger partial charge is 0.294 e. The maximum absolute atomic E-state index is 11.5. The first kappa shape index (κ1) is 22.3. The number of carbonyl (C=O) groups excluding carboxylic acids is 1. The summed E-state index contributed by atoms with van der Waals surface area (Å²) >= 11 is 0. The van der Waals surface area contributed by atoms with Crippen LogP contribution in [0.2, 0.25) is 0 Å². The molecule has 1 amide bonds. The van der Waals surface area contributed by atoms with Gasteiger partial charge in [-0.15, -0.1) is 10.1 Å². The summed E-state index contributed by atoms with van der Waals surface area (Å²) < 4.78 is 5.73. The van der Waals surface area contributed by atoms with E-state index in [9.17, 15) is 20.0 Å². The van der Waals surface area contributed by atoms with Gasteiger partial charge in [0.05, 0.1) is 13.2 Å². The molecule has 0 aromatic heterocycles. The molecule has 2 aromatic carbocycles. The van der Waals surface area contributed by atoms with Crippen LogP contribution in [0, 0.1) is 10.1 Å². The Balaban J connectivity index is 1.67. The summed E-state index contributed by atoms with van der Waals surface area (Å²) in [5.41, 5.74) is 0. The van der Waals surface area contributed by atoms with E-state index in [1.54, 1.807) is 0 Å². The highest BCUT2D eigenvalue weighted by Gasteiger charge is 2.11. The van der Waals surface area contributed by atoms with Crippen LogP contribution in [0.5, 0.6) is 5.75 Å². The van der Waals surface area contributed by atoms with Gasteiger partial charge in [-0.3, -0.25) is 9.63 Å². The van der Waals surface area contributed by atoms with Crippen molar-refractivity contribution in [2.75, 3.05) is 39.5 Å². The number of aliphatic hydroxyl groups is 1. The van der Waals surface area contributed by atoms with Gasteiger partial charge in [0.1, 0.15) is 25.1 Å². The zero-order valence-corrected chi connectivity index (χ0v) is 16.2.